The Hall–Kier alpha value is -2.30. The highest BCUT2D eigenvalue weighted by Gasteiger charge is 2.16. The van der Waals surface area contributed by atoms with Crippen molar-refractivity contribution in [1.82, 2.24) is 20.0 Å². The molecule has 0 saturated carbocycles. The number of aromatic amines is 1. The van der Waals surface area contributed by atoms with Crippen molar-refractivity contribution in [2.45, 2.75) is 26.8 Å². The molecule has 20 heavy (non-hydrogen) atoms. The van der Waals surface area contributed by atoms with E-state index in [0.29, 0.717) is 0 Å². The van der Waals surface area contributed by atoms with Crippen LogP contribution >= 0.6 is 0 Å². The Morgan fingerprint density at radius 1 is 1.30 bits per heavy atom. The van der Waals surface area contributed by atoms with Crippen molar-refractivity contribution < 1.29 is 0 Å². The van der Waals surface area contributed by atoms with Crippen molar-refractivity contribution in [3.05, 3.63) is 41.3 Å². The normalized spacial score (nSPS) is 12.8. The average Bonchev–Trinajstić information content (AvgIpc) is 2.96. The molecule has 0 aliphatic rings. The maximum Gasteiger partial charge on any atom is 0.0671 e. The number of fused-ring (bicyclic) bond motifs is 1. The molecule has 0 bridgehead atoms. The van der Waals surface area contributed by atoms with Crippen LogP contribution in [-0.4, -0.2) is 20.0 Å². The molecule has 2 N–H and O–H groups in total. The second-order valence-corrected chi connectivity index (χ2v) is 5.21. The van der Waals surface area contributed by atoms with Crippen LogP contribution in [0.2, 0.25) is 0 Å². The summed E-state index contributed by atoms with van der Waals surface area (Å²) in [7, 11) is 1.98. The molecule has 1 aromatic carbocycles. The molecule has 0 aliphatic heterocycles. The van der Waals surface area contributed by atoms with E-state index in [1.54, 1.807) is 0 Å². The summed E-state index contributed by atoms with van der Waals surface area (Å²) in [5.41, 5.74) is 5.66. The molecular formula is C15H19N5. The summed E-state index contributed by atoms with van der Waals surface area (Å²) >= 11 is 0. The van der Waals surface area contributed by atoms with Crippen LogP contribution in [0, 0.1) is 13.8 Å². The smallest absolute Gasteiger partial charge is 0.0671 e. The number of H-pyrrole nitrogens is 1. The van der Waals surface area contributed by atoms with Crippen LogP contribution in [0.1, 0.15) is 29.9 Å². The van der Waals surface area contributed by atoms with Crippen LogP contribution in [0.5, 0.6) is 0 Å². The second kappa shape index (κ2) is 4.67. The first-order valence-electron chi connectivity index (χ1n) is 6.76. The number of aromatic nitrogens is 4. The summed E-state index contributed by atoms with van der Waals surface area (Å²) in [6.07, 6.45) is 1.85. The van der Waals surface area contributed by atoms with Gasteiger partial charge in [-0.05, 0) is 32.9 Å². The zero-order valence-corrected chi connectivity index (χ0v) is 12.2. The largest absolute Gasteiger partial charge is 0.378 e. The highest BCUT2D eigenvalue weighted by molar-refractivity contribution is 5.91. The average molecular weight is 269 g/mol. The minimum atomic E-state index is 0.198. The molecule has 3 rings (SSSR count). The van der Waals surface area contributed by atoms with Crippen LogP contribution < -0.4 is 5.32 Å². The number of rotatable bonds is 3. The lowest BCUT2D eigenvalue weighted by Crippen LogP contribution is -2.09. The fourth-order valence-corrected chi connectivity index (χ4v) is 2.82. The minimum absolute atomic E-state index is 0.198. The summed E-state index contributed by atoms with van der Waals surface area (Å²) in [5.74, 6) is 0. The first-order chi connectivity index (χ1) is 9.58. The molecule has 0 radical (unpaired) electrons. The Kier molecular flexibility index (Phi) is 2.97. The third-order valence-electron chi connectivity index (χ3n) is 3.85. The van der Waals surface area contributed by atoms with Gasteiger partial charge in [0, 0.05) is 29.4 Å². The monoisotopic (exact) mass is 269 g/mol. The highest BCUT2D eigenvalue weighted by atomic mass is 15.3. The van der Waals surface area contributed by atoms with E-state index in [4.69, 9.17) is 0 Å². The van der Waals surface area contributed by atoms with E-state index in [1.807, 2.05) is 30.1 Å². The third kappa shape index (κ3) is 1.95. The standard InChI is InChI=1S/C15H19N5/c1-9(15-10(2)19-20(4)11(15)3)17-13-6-5-7-14-12(13)8-16-18-14/h5-9,17H,1-4H3,(H,16,18). The highest BCUT2D eigenvalue weighted by Crippen LogP contribution is 2.28. The fourth-order valence-electron chi connectivity index (χ4n) is 2.82. The molecule has 0 fully saturated rings. The molecule has 0 spiro atoms. The van der Waals surface area contributed by atoms with Gasteiger partial charge in [-0.15, -0.1) is 0 Å². The van der Waals surface area contributed by atoms with Gasteiger partial charge in [0.2, 0.25) is 0 Å². The van der Waals surface area contributed by atoms with Gasteiger partial charge >= 0.3 is 0 Å². The molecule has 3 aromatic rings. The zero-order valence-electron chi connectivity index (χ0n) is 12.2. The molecule has 1 unspecified atom stereocenters. The van der Waals surface area contributed by atoms with Crippen LogP contribution in [0.4, 0.5) is 5.69 Å². The summed E-state index contributed by atoms with van der Waals surface area (Å²) in [5, 5.41) is 16.3. The Morgan fingerprint density at radius 3 is 2.80 bits per heavy atom. The summed E-state index contributed by atoms with van der Waals surface area (Å²) in [6, 6.07) is 6.33. The van der Waals surface area contributed by atoms with Gasteiger partial charge in [0.1, 0.15) is 0 Å². The van der Waals surface area contributed by atoms with Crippen molar-refractivity contribution in [1.29, 1.82) is 0 Å². The van der Waals surface area contributed by atoms with E-state index in [-0.39, 0.29) is 6.04 Å². The summed E-state index contributed by atoms with van der Waals surface area (Å²) in [4.78, 5) is 0. The molecule has 2 heterocycles. The number of nitrogens with one attached hydrogen (secondary N) is 2. The Bertz CT molecular complexity index is 753. The van der Waals surface area contributed by atoms with Gasteiger partial charge in [-0.25, -0.2) is 0 Å². The van der Waals surface area contributed by atoms with Crippen LogP contribution in [-0.2, 0) is 7.05 Å². The van der Waals surface area contributed by atoms with E-state index in [9.17, 15) is 0 Å². The maximum absolute atomic E-state index is 4.48. The van der Waals surface area contributed by atoms with Crippen molar-refractivity contribution in [2.75, 3.05) is 5.32 Å². The van der Waals surface area contributed by atoms with E-state index in [0.717, 1.165) is 22.3 Å². The Balaban J connectivity index is 1.96. The Morgan fingerprint density at radius 2 is 2.10 bits per heavy atom. The Labute approximate surface area is 118 Å². The SMILES string of the molecule is Cc1nn(C)c(C)c1C(C)Nc1cccc2[nH]ncc12. The molecule has 0 saturated heterocycles. The van der Waals surface area contributed by atoms with Crippen LogP contribution in [0.15, 0.2) is 24.4 Å². The van der Waals surface area contributed by atoms with Gasteiger partial charge < -0.3 is 5.32 Å². The molecule has 0 amide bonds. The number of aryl methyl sites for hydroxylation is 2. The molecule has 0 aliphatic carbocycles. The quantitative estimate of drug-likeness (QED) is 0.768. The van der Waals surface area contributed by atoms with Gasteiger partial charge in [-0.2, -0.15) is 10.2 Å². The number of hydrogen-bond acceptors (Lipinski definition) is 3. The predicted octanol–water partition coefficient (Wildman–Crippen LogP) is 3.09. The van der Waals surface area contributed by atoms with E-state index in [1.165, 1.54) is 11.3 Å². The van der Waals surface area contributed by atoms with Crippen molar-refractivity contribution >= 4 is 16.6 Å². The van der Waals surface area contributed by atoms with Gasteiger partial charge in [0.15, 0.2) is 0 Å². The molecular weight excluding hydrogens is 250 g/mol. The van der Waals surface area contributed by atoms with Crippen LogP contribution in [0.3, 0.4) is 0 Å². The van der Waals surface area contributed by atoms with E-state index in [2.05, 4.69) is 47.5 Å². The maximum atomic E-state index is 4.48. The first kappa shape index (κ1) is 12.7. The van der Waals surface area contributed by atoms with Crippen molar-refractivity contribution in [3.63, 3.8) is 0 Å². The number of hydrogen-bond donors (Lipinski definition) is 2. The molecule has 5 nitrogen and oxygen atoms in total. The van der Waals surface area contributed by atoms with Gasteiger partial charge in [-0.3, -0.25) is 9.78 Å². The lowest BCUT2D eigenvalue weighted by molar-refractivity contribution is 0.728. The number of benzene rings is 1. The third-order valence-corrected chi connectivity index (χ3v) is 3.85. The minimum Gasteiger partial charge on any atom is -0.378 e. The zero-order chi connectivity index (χ0) is 14.3. The molecule has 2 aromatic heterocycles. The fraction of sp³-hybridized carbons (Fsp3) is 0.333. The number of nitrogens with zero attached hydrogens (tertiary/aromatic N) is 3. The molecule has 104 valence electrons. The van der Waals surface area contributed by atoms with Gasteiger partial charge in [0.25, 0.3) is 0 Å². The second-order valence-electron chi connectivity index (χ2n) is 5.21. The predicted molar refractivity (Wildman–Crippen MR) is 80.8 cm³/mol. The van der Waals surface area contributed by atoms with E-state index < -0.39 is 0 Å². The number of anilines is 1. The van der Waals surface area contributed by atoms with Gasteiger partial charge in [-0.1, -0.05) is 6.07 Å². The molecule has 5 heteroatoms. The van der Waals surface area contributed by atoms with Gasteiger partial charge in [0.05, 0.1) is 23.4 Å². The van der Waals surface area contributed by atoms with E-state index >= 15 is 0 Å². The van der Waals surface area contributed by atoms with Crippen LogP contribution in [0.25, 0.3) is 10.9 Å². The molecule has 1 atom stereocenters. The lowest BCUT2D eigenvalue weighted by atomic mass is 10.1. The summed E-state index contributed by atoms with van der Waals surface area (Å²) < 4.78 is 1.93. The first-order valence-corrected chi connectivity index (χ1v) is 6.76. The van der Waals surface area contributed by atoms with Crippen molar-refractivity contribution in [2.24, 2.45) is 7.05 Å². The lowest BCUT2D eigenvalue weighted by Gasteiger charge is -2.16. The van der Waals surface area contributed by atoms with Crippen molar-refractivity contribution in [3.8, 4) is 0 Å². The summed E-state index contributed by atoms with van der Waals surface area (Å²) in [6.45, 7) is 6.32. The topological polar surface area (TPSA) is 58.5 Å².